The molecule has 0 spiro atoms. The van der Waals surface area contributed by atoms with E-state index in [1.165, 1.54) is 11.3 Å². The number of amides is 1. The third-order valence-corrected chi connectivity index (χ3v) is 4.28. The van der Waals surface area contributed by atoms with Crippen molar-refractivity contribution in [1.82, 2.24) is 4.98 Å². The Morgan fingerprint density at radius 3 is 2.76 bits per heavy atom. The van der Waals surface area contributed by atoms with Gasteiger partial charge in [-0.3, -0.25) is 4.79 Å². The van der Waals surface area contributed by atoms with E-state index in [1.54, 1.807) is 0 Å². The molecule has 1 saturated carbocycles. The van der Waals surface area contributed by atoms with Crippen LogP contribution in [0.2, 0.25) is 0 Å². The highest BCUT2D eigenvalue weighted by Crippen LogP contribution is 2.29. The molecule has 0 aromatic carbocycles. The number of carbonyl (C=O) groups is 1. The second kappa shape index (κ2) is 5.60. The summed E-state index contributed by atoms with van der Waals surface area (Å²) in [6, 6.07) is 0. The van der Waals surface area contributed by atoms with Crippen molar-refractivity contribution in [1.29, 1.82) is 0 Å². The van der Waals surface area contributed by atoms with Crippen molar-refractivity contribution in [3.8, 4) is 0 Å². The van der Waals surface area contributed by atoms with Gasteiger partial charge in [0.1, 0.15) is 0 Å². The molecule has 2 rings (SSSR count). The van der Waals surface area contributed by atoms with Gasteiger partial charge in [0.05, 0.1) is 5.69 Å². The van der Waals surface area contributed by atoms with Crippen molar-refractivity contribution in [2.24, 2.45) is 17.6 Å². The molecule has 0 atom stereocenters. The molecule has 94 valence electrons. The number of nitrogens with two attached hydrogens (primary N) is 1. The molecule has 1 aliphatic rings. The summed E-state index contributed by atoms with van der Waals surface area (Å²) in [6.07, 6.45) is 4.06. The predicted molar refractivity (Wildman–Crippen MR) is 70.0 cm³/mol. The van der Waals surface area contributed by atoms with Crippen LogP contribution in [-0.2, 0) is 4.79 Å². The van der Waals surface area contributed by atoms with E-state index in [1.807, 2.05) is 12.3 Å². The van der Waals surface area contributed by atoms with Crippen LogP contribution in [0.5, 0.6) is 0 Å². The molecule has 5 heteroatoms. The van der Waals surface area contributed by atoms with Crippen molar-refractivity contribution in [3.63, 3.8) is 0 Å². The number of hydrogen-bond acceptors (Lipinski definition) is 4. The monoisotopic (exact) mass is 253 g/mol. The summed E-state index contributed by atoms with van der Waals surface area (Å²) in [5, 5.41) is 5.56. The first-order valence-electron chi connectivity index (χ1n) is 6.12. The lowest BCUT2D eigenvalue weighted by Gasteiger charge is -2.26. The van der Waals surface area contributed by atoms with Gasteiger partial charge < -0.3 is 11.1 Å². The molecule has 3 N–H and O–H groups in total. The molecule has 1 aliphatic carbocycles. The minimum Gasteiger partial charge on any atom is -0.330 e. The SMILES string of the molecule is Cc1csc(NC(=O)C2CCC(CN)CC2)n1. The molecule has 1 amide bonds. The summed E-state index contributed by atoms with van der Waals surface area (Å²) in [4.78, 5) is 16.2. The summed E-state index contributed by atoms with van der Waals surface area (Å²) >= 11 is 1.48. The average molecular weight is 253 g/mol. The maximum absolute atomic E-state index is 12.0. The Bertz CT molecular complexity index is 383. The number of anilines is 1. The van der Waals surface area contributed by atoms with E-state index in [2.05, 4.69) is 10.3 Å². The minimum atomic E-state index is 0.120. The Hall–Kier alpha value is -0.940. The lowest BCUT2D eigenvalue weighted by atomic mass is 9.82. The van der Waals surface area contributed by atoms with Crippen LogP contribution in [0.1, 0.15) is 31.4 Å². The van der Waals surface area contributed by atoms with Crippen LogP contribution in [0.25, 0.3) is 0 Å². The van der Waals surface area contributed by atoms with Crippen LogP contribution in [-0.4, -0.2) is 17.4 Å². The van der Waals surface area contributed by atoms with E-state index >= 15 is 0 Å². The van der Waals surface area contributed by atoms with Crippen molar-refractivity contribution >= 4 is 22.4 Å². The largest absolute Gasteiger partial charge is 0.330 e. The number of thiazole rings is 1. The van der Waals surface area contributed by atoms with E-state index in [0.717, 1.165) is 37.9 Å². The highest BCUT2D eigenvalue weighted by atomic mass is 32.1. The maximum Gasteiger partial charge on any atom is 0.229 e. The van der Waals surface area contributed by atoms with Gasteiger partial charge in [0.25, 0.3) is 0 Å². The zero-order valence-corrected chi connectivity index (χ0v) is 10.9. The quantitative estimate of drug-likeness (QED) is 0.867. The summed E-state index contributed by atoms with van der Waals surface area (Å²) in [6.45, 7) is 2.68. The lowest BCUT2D eigenvalue weighted by Crippen LogP contribution is -2.29. The summed E-state index contributed by atoms with van der Waals surface area (Å²) < 4.78 is 0. The second-order valence-corrected chi connectivity index (χ2v) is 5.59. The van der Waals surface area contributed by atoms with Crippen molar-refractivity contribution in [2.45, 2.75) is 32.6 Å². The van der Waals surface area contributed by atoms with Crippen LogP contribution in [0.3, 0.4) is 0 Å². The molecule has 0 unspecified atom stereocenters. The summed E-state index contributed by atoms with van der Waals surface area (Å²) in [5.74, 6) is 0.873. The molecule has 0 radical (unpaired) electrons. The van der Waals surface area contributed by atoms with E-state index in [9.17, 15) is 4.79 Å². The van der Waals surface area contributed by atoms with Gasteiger partial charge in [-0.25, -0.2) is 4.98 Å². The van der Waals surface area contributed by atoms with E-state index in [4.69, 9.17) is 5.73 Å². The first kappa shape index (κ1) is 12.5. The lowest BCUT2D eigenvalue weighted by molar-refractivity contribution is -0.121. The number of hydrogen-bond donors (Lipinski definition) is 2. The second-order valence-electron chi connectivity index (χ2n) is 4.74. The molecule has 1 fully saturated rings. The number of aromatic nitrogens is 1. The Kier molecular flexibility index (Phi) is 4.12. The Morgan fingerprint density at radius 2 is 2.24 bits per heavy atom. The molecular weight excluding hydrogens is 234 g/mol. The third kappa shape index (κ3) is 3.26. The van der Waals surface area contributed by atoms with Crippen LogP contribution in [0, 0.1) is 18.8 Å². The van der Waals surface area contributed by atoms with Crippen molar-refractivity contribution < 1.29 is 4.79 Å². The Morgan fingerprint density at radius 1 is 1.53 bits per heavy atom. The van der Waals surface area contributed by atoms with Gasteiger partial charge >= 0.3 is 0 Å². The van der Waals surface area contributed by atoms with Crippen LogP contribution in [0.15, 0.2) is 5.38 Å². The smallest absolute Gasteiger partial charge is 0.229 e. The molecule has 4 nitrogen and oxygen atoms in total. The van der Waals surface area contributed by atoms with Crippen LogP contribution < -0.4 is 11.1 Å². The molecule has 0 aliphatic heterocycles. The number of nitrogens with one attached hydrogen (secondary N) is 1. The maximum atomic E-state index is 12.0. The fourth-order valence-electron chi connectivity index (χ4n) is 2.28. The number of carbonyl (C=O) groups excluding carboxylic acids is 1. The van der Waals surface area contributed by atoms with E-state index in [-0.39, 0.29) is 11.8 Å². The molecule has 17 heavy (non-hydrogen) atoms. The molecule has 1 aromatic heterocycles. The molecule has 0 saturated heterocycles. The van der Waals surface area contributed by atoms with Gasteiger partial charge in [-0.05, 0) is 45.1 Å². The third-order valence-electron chi connectivity index (χ3n) is 3.40. The van der Waals surface area contributed by atoms with Gasteiger partial charge in [0.15, 0.2) is 5.13 Å². The van der Waals surface area contributed by atoms with E-state index < -0.39 is 0 Å². The van der Waals surface area contributed by atoms with Crippen molar-refractivity contribution in [2.75, 3.05) is 11.9 Å². The fraction of sp³-hybridized carbons (Fsp3) is 0.667. The summed E-state index contributed by atoms with van der Waals surface area (Å²) in [5.41, 5.74) is 6.60. The van der Waals surface area contributed by atoms with E-state index in [0.29, 0.717) is 11.0 Å². The molecule has 1 heterocycles. The predicted octanol–water partition coefficient (Wildman–Crippen LogP) is 2.16. The minimum absolute atomic E-state index is 0.120. The first-order valence-corrected chi connectivity index (χ1v) is 7.00. The molecule has 1 aromatic rings. The normalized spacial score (nSPS) is 24.6. The Labute approximate surface area is 106 Å². The van der Waals surface area contributed by atoms with Crippen LogP contribution in [0.4, 0.5) is 5.13 Å². The standard InChI is InChI=1S/C12H19N3OS/c1-8-7-17-12(14-8)15-11(16)10-4-2-9(6-13)3-5-10/h7,9-10H,2-6,13H2,1H3,(H,14,15,16). The first-order chi connectivity index (χ1) is 8.19. The summed E-state index contributed by atoms with van der Waals surface area (Å²) in [7, 11) is 0. The van der Waals surface area contributed by atoms with Crippen LogP contribution >= 0.6 is 11.3 Å². The van der Waals surface area contributed by atoms with Gasteiger partial charge in [-0.15, -0.1) is 11.3 Å². The Balaban J connectivity index is 1.85. The fourth-order valence-corrected chi connectivity index (χ4v) is 2.97. The van der Waals surface area contributed by atoms with Gasteiger partial charge in [-0.2, -0.15) is 0 Å². The zero-order chi connectivity index (χ0) is 12.3. The molecule has 0 bridgehead atoms. The highest BCUT2D eigenvalue weighted by molar-refractivity contribution is 7.13. The zero-order valence-electron chi connectivity index (χ0n) is 10.1. The van der Waals surface area contributed by atoms with Crippen molar-refractivity contribution in [3.05, 3.63) is 11.1 Å². The number of aryl methyl sites for hydroxylation is 1. The van der Waals surface area contributed by atoms with Gasteiger partial charge in [0, 0.05) is 11.3 Å². The van der Waals surface area contributed by atoms with Gasteiger partial charge in [-0.1, -0.05) is 0 Å². The topological polar surface area (TPSA) is 68.0 Å². The molecular formula is C12H19N3OS. The average Bonchev–Trinajstić information content (AvgIpc) is 2.75. The number of nitrogens with zero attached hydrogens (tertiary/aromatic N) is 1. The number of rotatable bonds is 3. The highest BCUT2D eigenvalue weighted by Gasteiger charge is 2.25. The van der Waals surface area contributed by atoms with Gasteiger partial charge in [0.2, 0.25) is 5.91 Å².